The van der Waals surface area contributed by atoms with Crippen molar-refractivity contribution in [1.82, 2.24) is 9.55 Å². The lowest BCUT2D eigenvalue weighted by Crippen LogP contribution is -2.27. The molecule has 0 aliphatic rings. The molecule has 4 aromatic rings. The summed E-state index contributed by atoms with van der Waals surface area (Å²) in [7, 11) is -3.87. The number of phenolic OH excluding ortho intramolecular Hbond substituents is 1. The molecule has 8 nitrogen and oxygen atoms in total. The van der Waals surface area contributed by atoms with Crippen LogP contribution < -0.4 is 10.3 Å². The number of nitrogens with zero attached hydrogens (tertiary/aromatic N) is 2. The van der Waals surface area contributed by atoms with Crippen molar-refractivity contribution < 1.29 is 18.3 Å². The van der Waals surface area contributed by atoms with E-state index < -0.39 is 21.5 Å². The molecule has 0 aliphatic heterocycles. The van der Waals surface area contributed by atoms with Crippen LogP contribution in [0.15, 0.2) is 82.7 Å². The second-order valence-electron chi connectivity index (χ2n) is 6.89. The van der Waals surface area contributed by atoms with E-state index in [0.717, 1.165) is 16.5 Å². The summed E-state index contributed by atoms with van der Waals surface area (Å²) in [4.78, 5) is 29.8. The lowest BCUT2D eigenvalue weighted by Gasteiger charge is -2.10. The molecule has 0 unspecified atom stereocenters. The third-order valence-corrected chi connectivity index (χ3v) is 6.09. The van der Waals surface area contributed by atoms with Crippen molar-refractivity contribution >= 4 is 32.5 Å². The molecule has 31 heavy (non-hydrogen) atoms. The van der Waals surface area contributed by atoms with Crippen LogP contribution in [-0.4, -0.2) is 29.0 Å². The zero-order valence-electron chi connectivity index (χ0n) is 16.3. The number of benzene rings is 3. The van der Waals surface area contributed by atoms with Gasteiger partial charge < -0.3 is 5.11 Å². The van der Waals surface area contributed by atoms with E-state index in [2.05, 4.69) is 9.71 Å². The molecular weight excluding hydrogens is 418 g/mol. The molecule has 0 spiro atoms. The number of hydrogen-bond acceptors (Lipinski definition) is 6. The first-order valence-electron chi connectivity index (χ1n) is 9.20. The maximum Gasteiger partial charge on any atom is 0.269 e. The van der Waals surface area contributed by atoms with E-state index in [1.54, 1.807) is 24.3 Å². The van der Waals surface area contributed by atoms with Crippen LogP contribution in [0.2, 0.25) is 0 Å². The van der Waals surface area contributed by atoms with E-state index in [4.69, 9.17) is 0 Å². The summed E-state index contributed by atoms with van der Waals surface area (Å²) in [6.07, 6.45) is 1.08. The molecule has 0 amide bonds. The highest BCUT2D eigenvalue weighted by molar-refractivity contribution is 7.92. The fourth-order valence-electron chi connectivity index (χ4n) is 3.05. The van der Waals surface area contributed by atoms with Crippen LogP contribution >= 0.6 is 0 Å². The Balaban J connectivity index is 1.74. The molecule has 0 saturated heterocycles. The predicted molar refractivity (Wildman–Crippen MR) is 116 cm³/mol. The Morgan fingerprint density at radius 1 is 1.03 bits per heavy atom. The van der Waals surface area contributed by atoms with Gasteiger partial charge in [0.25, 0.3) is 21.5 Å². The summed E-state index contributed by atoms with van der Waals surface area (Å²) in [6.45, 7) is 1.85. The standard InChI is InChI=1S/C22H17N3O5S/c1-14-6-9-16(10-7-14)31(29,30)24-15-8-11-19-18(12-15)22(28)25(13-23-19)21(27)17-4-2-3-5-20(17)26/h2-13,24,26H,1H3. The Labute approximate surface area is 177 Å². The number of nitrogens with one attached hydrogen (secondary N) is 1. The molecule has 2 N–H and O–H groups in total. The van der Waals surface area contributed by atoms with Crippen molar-refractivity contribution in [2.45, 2.75) is 11.8 Å². The van der Waals surface area contributed by atoms with Crippen LogP contribution in [0.3, 0.4) is 0 Å². The molecule has 0 atom stereocenters. The zero-order valence-corrected chi connectivity index (χ0v) is 17.1. The summed E-state index contributed by atoms with van der Waals surface area (Å²) >= 11 is 0. The molecule has 0 radical (unpaired) electrons. The first-order chi connectivity index (χ1) is 14.8. The van der Waals surface area contributed by atoms with Gasteiger partial charge in [-0.15, -0.1) is 0 Å². The minimum absolute atomic E-state index is 0.0513. The second kappa shape index (κ2) is 7.69. The normalized spacial score (nSPS) is 11.4. The van der Waals surface area contributed by atoms with Crippen LogP contribution in [-0.2, 0) is 10.0 Å². The predicted octanol–water partition coefficient (Wildman–Crippen LogP) is 2.90. The molecule has 0 fully saturated rings. The quantitative estimate of drug-likeness (QED) is 0.509. The fourth-order valence-corrected chi connectivity index (χ4v) is 4.10. The number of hydrogen-bond donors (Lipinski definition) is 2. The Bertz CT molecular complexity index is 1480. The number of fused-ring (bicyclic) bond motifs is 1. The molecule has 0 saturated carbocycles. The van der Waals surface area contributed by atoms with Crippen molar-refractivity contribution in [2.75, 3.05) is 4.72 Å². The maximum absolute atomic E-state index is 12.9. The molecule has 3 aromatic carbocycles. The summed E-state index contributed by atoms with van der Waals surface area (Å²) in [6, 6.07) is 16.5. The molecule has 9 heteroatoms. The highest BCUT2D eigenvalue weighted by Crippen LogP contribution is 2.20. The number of para-hydroxylation sites is 1. The van der Waals surface area contributed by atoms with Gasteiger partial charge in [0.2, 0.25) is 0 Å². The van der Waals surface area contributed by atoms with Crippen LogP contribution in [0.1, 0.15) is 15.9 Å². The largest absolute Gasteiger partial charge is 0.507 e. The van der Waals surface area contributed by atoms with Gasteiger partial charge in [0, 0.05) is 5.69 Å². The number of aromatic nitrogens is 2. The number of carbonyl (C=O) groups is 1. The fraction of sp³-hybridized carbons (Fsp3) is 0.0455. The van der Waals surface area contributed by atoms with E-state index in [0.29, 0.717) is 5.52 Å². The lowest BCUT2D eigenvalue weighted by atomic mass is 10.2. The van der Waals surface area contributed by atoms with Gasteiger partial charge in [-0.3, -0.25) is 14.3 Å². The number of sulfonamides is 1. The first kappa shape index (κ1) is 20.3. The molecule has 0 aliphatic carbocycles. The highest BCUT2D eigenvalue weighted by atomic mass is 32.2. The van der Waals surface area contributed by atoms with Gasteiger partial charge >= 0.3 is 0 Å². The average Bonchev–Trinajstić information content (AvgIpc) is 2.74. The van der Waals surface area contributed by atoms with Gasteiger partial charge in [-0.2, -0.15) is 0 Å². The van der Waals surface area contributed by atoms with Gasteiger partial charge in [0.05, 0.1) is 21.4 Å². The highest BCUT2D eigenvalue weighted by Gasteiger charge is 2.18. The topological polar surface area (TPSA) is 118 Å². The van der Waals surface area contributed by atoms with E-state index >= 15 is 0 Å². The summed E-state index contributed by atoms with van der Waals surface area (Å²) in [5, 5.41) is 9.96. The molecule has 1 aromatic heterocycles. The summed E-state index contributed by atoms with van der Waals surface area (Å²) < 4.78 is 28.5. The number of aromatic hydroxyl groups is 1. The van der Waals surface area contributed by atoms with E-state index in [1.807, 2.05) is 6.92 Å². The number of carbonyl (C=O) groups excluding carboxylic acids is 1. The average molecular weight is 435 g/mol. The number of aryl methyl sites for hydroxylation is 1. The Kier molecular flexibility index (Phi) is 5.04. The van der Waals surface area contributed by atoms with E-state index in [-0.39, 0.29) is 27.3 Å². The summed E-state index contributed by atoms with van der Waals surface area (Å²) in [5.74, 6) is -1.01. The smallest absolute Gasteiger partial charge is 0.269 e. The molecule has 156 valence electrons. The Morgan fingerprint density at radius 3 is 2.45 bits per heavy atom. The molecule has 4 rings (SSSR count). The maximum atomic E-state index is 12.9. The van der Waals surface area contributed by atoms with Crippen molar-refractivity contribution in [3.05, 3.63) is 94.5 Å². The van der Waals surface area contributed by atoms with Crippen LogP contribution in [0.4, 0.5) is 5.69 Å². The zero-order chi connectivity index (χ0) is 22.2. The third kappa shape index (κ3) is 3.90. The lowest BCUT2D eigenvalue weighted by molar-refractivity contribution is 0.0952. The molecule has 0 bridgehead atoms. The monoisotopic (exact) mass is 435 g/mol. The van der Waals surface area contributed by atoms with Crippen molar-refractivity contribution in [1.29, 1.82) is 0 Å². The second-order valence-corrected chi connectivity index (χ2v) is 8.57. The van der Waals surface area contributed by atoms with Crippen LogP contribution in [0.5, 0.6) is 5.75 Å². The number of rotatable bonds is 4. The van der Waals surface area contributed by atoms with Crippen LogP contribution in [0, 0.1) is 6.92 Å². The van der Waals surface area contributed by atoms with Gasteiger partial charge in [0.1, 0.15) is 12.1 Å². The van der Waals surface area contributed by atoms with Gasteiger partial charge in [-0.1, -0.05) is 29.8 Å². The number of phenols is 1. The van der Waals surface area contributed by atoms with Crippen molar-refractivity contribution in [3.8, 4) is 5.75 Å². The minimum atomic E-state index is -3.87. The summed E-state index contributed by atoms with van der Waals surface area (Å²) in [5.41, 5.74) is 0.631. The number of anilines is 1. The first-order valence-corrected chi connectivity index (χ1v) is 10.7. The van der Waals surface area contributed by atoms with Crippen molar-refractivity contribution in [3.63, 3.8) is 0 Å². The Hall–Kier alpha value is -3.98. The minimum Gasteiger partial charge on any atom is -0.507 e. The third-order valence-electron chi connectivity index (χ3n) is 4.69. The van der Waals surface area contributed by atoms with Gasteiger partial charge in [-0.05, 0) is 49.4 Å². The van der Waals surface area contributed by atoms with Gasteiger partial charge in [-0.25, -0.2) is 18.0 Å². The molecular formula is C22H17N3O5S. The van der Waals surface area contributed by atoms with Crippen LogP contribution in [0.25, 0.3) is 10.9 Å². The van der Waals surface area contributed by atoms with E-state index in [1.165, 1.54) is 42.5 Å². The van der Waals surface area contributed by atoms with Gasteiger partial charge in [0.15, 0.2) is 0 Å². The van der Waals surface area contributed by atoms with E-state index in [9.17, 15) is 23.1 Å². The van der Waals surface area contributed by atoms with Crippen molar-refractivity contribution in [2.24, 2.45) is 0 Å². The SMILES string of the molecule is Cc1ccc(S(=O)(=O)Nc2ccc3ncn(C(=O)c4ccccc4O)c(=O)c3c2)cc1. The molecule has 1 heterocycles. The Morgan fingerprint density at radius 2 is 1.74 bits per heavy atom.